The SMILES string of the molecule is Cc1ccc(N(C)C(=O)CS(=O)(O)(O)C(C)C)cc1. The summed E-state index contributed by atoms with van der Waals surface area (Å²) in [5.41, 5.74) is 1.67. The van der Waals surface area contributed by atoms with E-state index < -0.39 is 26.5 Å². The van der Waals surface area contributed by atoms with E-state index in [1.807, 2.05) is 19.1 Å². The predicted molar refractivity (Wildman–Crippen MR) is 78.0 cm³/mol. The van der Waals surface area contributed by atoms with E-state index in [1.165, 1.54) is 25.8 Å². The lowest BCUT2D eigenvalue weighted by Gasteiger charge is -2.35. The largest absolute Gasteiger partial charge is 0.315 e. The fourth-order valence-electron chi connectivity index (χ4n) is 1.41. The quantitative estimate of drug-likeness (QED) is 0.889. The third-order valence-electron chi connectivity index (χ3n) is 3.14. The van der Waals surface area contributed by atoms with Crippen molar-refractivity contribution >= 4 is 21.2 Å². The van der Waals surface area contributed by atoms with E-state index in [9.17, 15) is 18.1 Å². The van der Waals surface area contributed by atoms with Crippen LogP contribution in [0.5, 0.6) is 0 Å². The van der Waals surface area contributed by atoms with Gasteiger partial charge in [0, 0.05) is 12.7 Å². The predicted octanol–water partition coefficient (Wildman–Crippen LogP) is 2.13. The third-order valence-corrected chi connectivity index (χ3v) is 5.82. The number of amides is 1. The summed E-state index contributed by atoms with van der Waals surface area (Å²) < 4.78 is 31.4. The molecular formula is C13H21NO4S. The molecule has 5 nitrogen and oxygen atoms in total. The normalized spacial score (nSPS) is 13.9. The van der Waals surface area contributed by atoms with Crippen LogP contribution in [-0.4, -0.2) is 37.3 Å². The van der Waals surface area contributed by atoms with Gasteiger partial charge in [0.2, 0.25) is 5.91 Å². The monoisotopic (exact) mass is 287 g/mol. The number of hydrogen-bond acceptors (Lipinski definition) is 2. The topological polar surface area (TPSA) is 77.8 Å². The molecule has 1 aromatic rings. The molecule has 0 unspecified atom stereocenters. The Morgan fingerprint density at radius 1 is 1.26 bits per heavy atom. The fourth-order valence-corrected chi connectivity index (χ4v) is 2.40. The lowest BCUT2D eigenvalue weighted by Crippen LogP contribution is -2.49. The van der Waals surface area contributed by atoms with Gasteiger partial charge in [-0.15, -0.1) is 0 Å². The number of anilines is 1. The Balaban J connectivity index is 2.90. The van der Waals surface area contributed by atoms with Crippen LogP contribution in [0.25, 0.3) is 0 Å². The molecule has 1 rings (SSSR count). The molecule has 6 heteroatoms. The third kappa shape index (κ3) is 3.86. The molecule has 0 saturated heterocycles. The zero-order valence-corrected chi connectivity index (χ0v) is 12.5. The Morgan fingerprint density at radius 3 is 2.16 bits per heavy atom. The molecule has 1 aromatic carbocycles. The molecule has 0 aromatic heterocycles. The highest BCUT2D eigenvalue weighted by Gasteiger charge is 2.38. The van der Waals surface area contributed by atoms with Crippen molar-refractivity contribution in [1.29, 1.82) is 0 Å². The molecule has 108 valence electrons. The molecule has 0 bridgehead atoms. The summed E-state index contributed by atoms with van der Waals surface area (Å²) in [6, 6.07) is 7.17. The van der Waals surface area contributed by atoms with Gasteiger partial charge >= 0.3 is 0 Å². The van der Waals surface area contributed by atoms with E-state index in [-0.39, 0.29) is 0 Å². The van der Waals surface area contributed by atoms with Gasteiger partial charge in [-0.1, -0.05) is 17.7 Å². The van der Waals surface area contributed by atoms with Crippen molar-refractivity contribution in [3.8, 4) is 0 Å². The smallest absolute Gasteiger partial charge is 0.242 e. The van der Waals surface area contributed by atoms with E-state index in [4.69, 9.17) is 0 Å². The van der Waals surface area contributed by atoms with Crippen LogP contribution in [0.15, 0.2) is 24.3 Å². The molecule has 0 radical (unpaired) electrons. The van der Waals surface area contributed by atoms with E-state index in [2.05, 4.69) is 0 Å². The van der Waals surface area contributed by atoms with Crippen LogP contribution >= 0.6 is 0 Å². The van der Waals surface area contributed by atoms with Crippen LogP contribution in [-0.2, 0) is 14.4 Å². The summed E-state index contributed by atoms with van der Waals surface area (Å²) in [4.78, 5) is 13.3. The first-order valence-corrected chi connectivity index (χ1v) is 8.10. The van der Waals surface area contributed by atoms with Crippen molar-refractivity contribution in [3.05, 3.63) is 29.8 Å². The Labute approximate surface area is 113 Å². The Hall–Kier alpha value is -1.24. The van der Waals surface area contributed by atoms with Gasteiger partial charge in [-0.05, 0) is 32.9 Å². The van der Waals surface area contributed by atoms with Gasteiger partial charge in [0.1, 0.15) is 5.75 Å². The summed E-state index contributed by atoms with van der Waals surface area (Å²) in [6.45, 7) is 4.75. The average molecular weight is 287 g/mol. The van der Waals surface area contributed by atoms with E-state index >= 15 is 0 Å². The number of rotatable bonds is 4. The number of nitrogens with zero attached hydrogens (tertiary/aromatic N) is 1. The van der Waals surface area contributed by atoms with Crippen LogP contribution in [0.2, 0.25) is 0 Å². The van der Waals surface area contributed by atoms with Crippen LogP contribution < -0.4 is 4.90 Å². The Kier molecular flexibility index (Phi) is 4.19. The average Bonchev–Trinajstić information content (AvgIpc) is 2.27. The minimum atomic E-state index is -4.90. The summed E-state index contributed by atoms with van der Waals surface area (Å²) in [5.74, 6) is -1.39. The van der Waals surface area contributed by atoms with Crippen LogP contribution in [0, 0.1) is 6.92 Å². The standard InChI is InChI=1S/C13H21NO4S/c1-10(2)19(16,17,18)9-13(15)14(4)12-7-5-11(3)6-8-12/h5-8,10H,9H2,1-4H3,(H2,16,17,18). The van der Waals surface area contributed by atoms with Gasteiger partial charge in [-0.3, -0.25) is 4.79 Å². The van der Waals surface area contributed by atoms with Crippen LogP contribution in [0.3, 0.4) is 0 Å². The Bertz CT molecular complexity index is 530. The number of aryl methyl sites for hydroxylation is 1. The van der Waals surface area contributed by atoms with Crippen molar-refractivity contribution in [1.82, 2.24) is 0 Å². The summed E-state index contributed by atoms with van der Waals surface area (Å²) in [5, 5.41) is -0.896. The maximum atomic E-state index is 12.0. The molecule has 1 amide bonds. The summed E-state index contributed by atoms with van der Waals surface area (Å²) in [6.07, 6.45) is 0. The van der Waals surface area contributed by atoms with Crippen molar-refractivity contribution in [3.63, 3.8) is 0 Å². The highest BCUT2D eigenvalue weighted by Crippen LogP contribution is 2.24. The maximum absolute atomic E-state index is 12.0. The molecule has 0 aliphatic carbocycles. The van der Waals surface area contributed by atoms with Gasteiger partial charge in [0.25, 0.3) is 0 Å². The zero-order valence-electron chi connectivity index (χ0n) is 11.7. The molecule has 0 heterocycles. The fraction of sp³-hybridized carbons (Fsp3) is 0.462. The van der Waals surface area contributed by atoms with Crippen LogP contribution in [0.4, 0.5) is 5.69 Å². The first-order valence-electron chi connectivity index (χ1n) is 5.98. The van der Waals surface area contributed by atoms with Gasteiger partial charge in [-0.2, -0.15) is 0 Å². The van der Waals surface area contributed by atoms with Crippen molar-refractivity contribution in [2.75, 3.05) is 17.7 Å². The van der Waals surface area contributed by atoms with Gasteiger partial charge in [-0.25, -0.2) is 4.21 Å². The molecule has 0 aliphatic rings. The van der Waals surface area contributed by atoms with Gasteiger partial charge in [0.05, 0.1) is 14.9 Å². The molecular weight excluding hydrogens is 266 g/mol. The summed E-state index contributed by atoms with van der Waals surface area (Å²) >= 11 is 0. The second-order valence-corrected chi connectivity index (χ2v) is 8.45. The second kappa shape index (κ2) is 5.03. The van der Waals surface area contributed by atoms with Crippen molar-refractivity contribution in [2.45, 2.75) is 26.0 Å². The Morgan fingerprint density at radius 2 is 1.74 bits per heavy atom. The molecule has 0 atom stereocenters. The number of carbonyl (C=O) groups is 1. The highest BCUT2D eigenvalue weighted by atomic mass is 32.3. The molecule has 0 aliphatic heterocycles. The minimum Gasteiger partial charge on any atom is -0.315 e. The zero-order chi connectivity index (χ0) is 14.9. The highest BCUT2D eigenvalue weighted by molar-refractivity contribution is 8.11. The molecule has 0 saturated carbocycles. The van der Waals surface area contributed by atoms with Crippen molar-refractivity contribution < 1.29 is 18.1 Å². The summed E-state index contributed by atoms with van der Waals surface area (Å²) in [7, 11) is -3.39. The van der Waals surface area contributed by atoms with Crippen LogP contribution in [0.1, 0.15) is 19.4 Å². The molecule has 0 fully saturated rings. The number of carbonyl (C=O) groups excluding carboxylic acids is 1. The second-order valence-electron chi connectivity index (χ2n) is 5.06. The lowest BCUT2D eigenvalue weighted by molar-refractivity contribution is -0.116. The van der Waals surface area contributed by atoms with Gasteiger partial charge < -0.3 is 14.0 Å². The maximum Gasteiger partial charge on any atom is 0.242 e. The minimum absolute atomic E-state index is 0.598. The number of benzene rings is 1. The number of hydrogen-bond donors (Lipinski definition) is 2. The van der Waals surface area contributed by atoms with Gasteiger partial charge in [0.15, 0.2) is 0 Å². The first-order chi connectivity index (χ1) is 8.51. The van der Waals surface area contributed by atoms with Crippen molar-refractivity contribution in [2.24, 2.45) is 0 Å². The first kappa shape index (κ1) is 15.8. The van der Waals surface area contributed by atoms with E-state index in [0.717, 1.165) is 5.56 Å². The molecule has 2 N–H and O–H groups in total. The van der Waals surface area contributed by atoms with E-state index in [1.54, 1.807) is 12.1 Å². The lowest BCUT2D eigenvalue weighted by atomic mass is 10.2. The molecule has 0 spiro atoms. The van der Waals surface area contributed by atoms with E-state index in [0.29, 0.717) is 5.69 Å². The molecule has 19 heavy (non-hydrogen) atoms.